The van der Waals surface area contributed by atoms with Crippen molar-refractivity contribution in [1.82, 2.24) is 20.4 Å². The minimum atomic E-state index is -0.401. The van der Waals surface area contributed by atoms with Gasteiger partial charge in [-0.25, -0.2) is 4.39 Å². The summed E-state index contributed by atoms with van der Waals surface area (Å²) in [7, 11) is 0. The van der Waals surface area contributed by atoms with Gasteiger partial charge in [0.15, 0.2) is 0 Å². The molecule has 0 saturated carbocycles. The van der Waals surface area contributed by atoms with Gasteiger partial charge in [-0.05, 0) is 43.0 Å². The molecule has 0 spiro atoms. The molecule has 1 aliphatic rings. The Kier molecular flexibility index (Phi) is 6.35. The van der Waals surface area contributed by atoms with Gasteiger partial charge in [0.1, 0.15) is 5.82 Å². The molecule has 3 aromatic rings. The lowest BCUT2D eigenvalue weighted by Crippen LogP contribution is -2.45. The molecule has 0 aliphatic carbocycles. The molecule has 1 aliphatic heterocycles. The van der Waals surface area contributed by atoms with E-state index in [0.29, 0.717) is 36.5 Å². The number of halogens is 1. The SMILES string of the molecule is O=C(NCC(=O)N1CCC[C@@H](Cc2nc(-c3ccccc3F)no2)C1)c1ccccc1. The van der Waals surface area contributed by atoms with Crippen LogP contribution in [0.5, 0.6) is 0 Å². The maximum atomic E-state index is 13.9. The van der Waals surface area contributed by atoms with Crippen LogP contribution >= 0.6 is 0 Å². The fraction of sp³-hybridized carbons (Fsp3) is 0.304. The number of benzene rings is 2. The molecule has 4 rings (SSSR count). The van der Waals surface area contributed by atoms with E-state index in [1.54, 1.807) is 47.4 Å². The summed E-state index contributed by atoms with van der Waals surface area (Å²) in [4.78, 5) is 30.8. The van der Waals surface area contributed by atoms with Crippen molar-refractivity contribution in [3.05, 3.63) is 71.9 Å². The van der Waals surface area contributed by atoms with Gasteiger partial charge in [-0.3, -0.25) is 9.59 Å². The Morgan fingerprint density at radius 1 is 1.13 bits per heavy atom. The average Bonchev–Trinajstić information content (AvgIpc) is 3.26. The number of rotatable bonds is 6. The van der Waals surface area contributed by atoms with Gasteiger partial charge in [0.2, 0.25) is 17.6 Å². The van der Waals surface area contributed by atoms with Gasteiger partial charge in [-0.1, -0.05) is 35.5 Å². The zero-order valence-corrected chi connectivity index (χ0v) is 17.0. The fourth-order valence-corrected chi connectivity index (χ4v) is 3.75. The highest BCUT2D eigenvalue weighted by Gasteiger charge is 2.26. The predicted octanol–water partition coefficient (Wildman–Crippen LogP) is 3.09. The van der Waals surface area contributed by atoms with Crippen LogP contribution in [0, 0.1) is 11.7 Å². The number of piperidine rings is 1. The van der Waals surface area contributed by atoms with E-state index in [0.717, 1.165) is 12.8 Å². The first-order valence-corrected chi connectivity index (χ1v) is 10.3. The number of carbonyl (C=O) groups is 2. The fourth-order valence-electron chi connectivity index (χ4n) is 3.75. The molecule has 1 aromatic heterocycles. The first-order valence-electron chi connectivity index (χ1n) is 10.3. The summed E-state index contributed by atoms with van der Waals surface area (Å²) in [5, 5.41) is 6.57. The van der Waals surface area contributed by atoms with Crippen molar-refractivity contribution in [2.24, 2.45) is 5.92 Å². The molecule has 0 radical (unpaired) electrons. The summed E-state index contributed by atoms with van der Waals surface area (Å²) >= 11 is 0. The Bertz CT molecular complexity index is 1050. The van der Waals surface area contributed by atoms with Crippen LogP contribution in [-0.2, 0) is 11.2 Å². The second-order valence-electron chi connectivity index (χ2n) is 7.59. The average molecular weight is 422 g/mol. The molecule has 31 heavy (non-hydrogen) atoms. The van der Waals surface area contributed by atoms with Gasteiger partial charge >= 0.3 is 0 Å². The van der Waals surface area contributed by atoms with Crippen LogP contribution in [0.3, 0.4) is 0 Å². The molecular formula is C23H23FN4O3. The van der Waals surface area contributed by atoms with Crippen LogP contribution in [0.15, 0.2) is 59.1 Å². The van der Waals surface area contributed by atoms with Crippen LogP contribution < -0.4 is 5.32 Å². The quantitative estimate of drug-likeness (QED) is 0.660. The second-order valence-corrected chi connectivity index (χ2v) is 7.59. The molecule has 8 heteroatoms. The summed E-state index contributed by atoms with van der Waals surface area (Å²) in [6.07, 6.45) is 2.30. The molecule has 1 fully saturated rings. The number of hydrogen-bond acceptors (Lipinski definition) is 5. The molecule has 160 valence electrons. The van der Waals surface area contributed by atoms with Gasteiger partial charge < -0.3 is 14.7 Å². The van der Waals surface area contributed by atoms with Gasteiger partial charge in [0.05, 0.1) is 12.1 Å². The van der Waals surface area contributed by atoms with E-state index < -0.39 is 5.82 Å². The molecule has 1 N–H and O–H groups in total. The van der Waals surface area contributed by atoms with Crippen LogP contribution in [0.25, 0.3) is 11.4 Å². The van der Waals surface area contributed by atoms with E-state index in [2.05, 4.69) is 15.5 Å². The molecule has 7 nitrogen and oxygen atoms in total. The maximum absolute atomic E-state index is 13.9. The molecule has 2 aromatic carbocycles. The van der Waals surface area contributed by atoms with Crippen molar-refractivity contribution in [3.63, 3.8) is 0 Å². The van der Waals surface area contributed by atoms with Crippen molar-refractivity contribution in [3.8, 4) is 11.4 Å². The first kappa shape index (κ1) is 20.7. The smallest absolute Gasteiger partial charge is 0.251 e. The number of aromatic nitrogens is 2. The topological polar surface area (TPSA) is 88.3 Å². The van der Waals surface area contributed by atoms with E-state index in [-0.39, 0.29) is 30.1 Å². The van der Waals surface area contributed by atoms with Crippen molar-refractivity contribution in [2.45, 2.75) is 19.3 Å². The standard InChI is InChI=1S/C23H23FN4O3/c24-19-11-5-4-10-18(19)22-26-20(31-27-22)13-16-7-6-12-28(15-16)21(29)14-25-23(30)17-8-2-1-3-9-17/h1-5,8-11,16H,6-7,12-15H2,(H,25,30)/t16-/m0/s1. The van der Waals surface area contributed by atoms with Gasteiger partial charge in [0.25, 0.3) is 5.91 Å². The van der Waals surface area contributed by atoms with Gasteiger partial charge in [0, 0.05) is 25.1 Å². The molecule has 1 atom stereocenters. The van der Waals surface area contributed by atoms with E-state index >= 15 is 0 Å². The van der Waals surface area contributed by atoms with Crippen LogP contribution in [0.1, 0.15) is 29.1 Å². The normalized spacial score (nSPS) is 16.2. The lowest BCUT2D eigenvalue weighted by molar-refractivity contribution is -0.131. The molecule has 1 saturated heterocycles. The minimum absolute atomic E-state index is 0.0432. The van der Waals surface area contributed by atoms with Gasteiger partial charge in [-0.15, -0.1) is 0 Å². The number of nitrogens with one attached hydrogen (secondary N) is 1. The summed E-state index contributed by atoms with van der Waals surface area (Å²) in [5.41, 5.74) is 0.820. The zero-order valence-electron chi connectivity index (χ0n) is 17.0. The van der Waals surface area contributed by atoms with Gasteiger partial charge in [-0.2, -0.15) is 4.98 Å². The van der Waals surface area contributed by atoms with E-state index in [1.165, 1.54) is 6.07 Å². The Hall–Kier alpha value is -3.55. The Morgan fingerprint density at radius 2 is 1.90 bits per heavy atom. The number of likely N-dealkylation sites (tertiary alicyclic amines) is 1. The highest BCUT2D eigenvalue weighted by atomic mass is 19.1. The number of amides is 2. The first-order chi connectivity index (χ1) is 15.1. The lowest BCUT2D eigenvalue weighted by atomic mass is 9.94. The molecular weight excluding hydrogens is 399 g/mol. The predicted molar refractivity (Wildman–Crippen MR) is 111 cm³/mol. The Labute approximate surface area is 179 Å². The summed E-state index contributed by atoms with van der Waals surface area (Å²) < 4.78 is 19.2. The molecule has 2 heterocycles. The third-order valence-electron chi connectivity index (χ3n) is 5.35. The van der Waals surface area contributed by atoms with E-state index in [4.69, 9.17) is 4.52 Å². The van der Waals surface area contributed by atoms with Crippen LogP contribution in [0.2, 0.25) is 0 Å². The molecule has 2 amide bonds. The van der Waals surface area contributed by atoms with Crippen molar-refractivity contribution in [2.75, 3.05) is 19.6 Å². The van der Waals surface area contributed by atoms with Crippen molar-refractivity contribution < 1.29 is 18.5 Å². The van der Waals surface area contributed by atoms with Crippen molar-refractivity contribution in [1.29, 1.82) is 0 Å². The zero-order chi connectivity index (χ0) is 21.6. The lowest BCUT2D eigenvalue weighted by Gasteiger charge is -2.32. The monoisotopic (exact) mass is 422 g/mol. The Balaban J connectivity index is 1.31. The number of carbonyl (C=O) groups excluding carboxylic acids is 2. The summed E-state index contributed by atoms with van der Waals surface area (Å²) in [6, 6.07) is 15.1. The highest BCUT2D eigenvalue weighted by Crippen LogP contribution is 2.23. The summed E-state index contributed by atoms with van der Waals surface area (Å²) in [5.74, 6) is 0.0225. The molecule has 0 unspecified atom stereocenters. The third-order valence-corrected chi connectivity index (χ3v) is 5.35. The largest absolute Gasteiger partial charge is 0.343 e. The maximum Gasteiger partial charge on any atom is 0.251 e. The second kappa shape index (κ2) is 9.51. The van der Waals surface area contributed by atoms with E-state index in [1.807, 2.05) is 6.07 Å². The minimum Gasteiger partial charge on any atom is -0.343 e. The Morgan fingerprint density at radius 3 is 2.71 bits per heavy atom. The number of nitrogens with zero attached hydrogens (tertiary/aromatic N) is 3. The number of hydrogen-bond donors (Lipinski definition) is 1. The third kappa shape index (κ3) is 5.14. The van der Waals surface area contributed by atoms with E-state index in [9.17, 15) is 14.0 Å². The van der Waals surface area contributed by atoms with Crippen LogP contribution in [-0.4, -0.2) is 46.5 Å². The van der Waals surface area contributed by atoms with Crippen molar-refractivity contribution >= 4 is 11.8 Å². The highest BCUT2D eigenvalue weighted by molar-refractivity contribution is 5.96. The summed E-state index contributed by atoms with van der Waals surface area (Å²) in [6.45, 7) is 1.16. The van der Waals surface area contributed by atoms with Crippen LogP contribution in [0.4, 0.5) is 4.39 Å². The molecule has 0 bridgehead atoms.